The van der Waals surface area contributed by atoms with Gasteiger partial charge < -0.3 is 21.1 Å². The van der Waals surface area contributed by atoms with Crippen LogP contribution in [0.5, 0.6) is 0 Å². The number of fused-ring (bicyclic) bond motifs is 1. The molecule has 230 valence electrons. The second-order valence-corrected chi connectivity index (χ2v) is 11.1. The minimum absolute atomic E-state index is 0.0199. The van der Waals surface area contributed by atoms with Crippen LogP contribution in [0.25, 0.3) is 11.1 Å². The number of halogens is 1. The second kappa shape index (κ2) is 13.5. The largest absolute Gasteiger partial charge is 0.461 e. The molecule has 4 N–H and O–H groups in total. The van der Waals surface area contributed by atoms with Crippen molar-refractivity contribution in [2.45, 2.75) is 31.9 Å². The highest BCUT2D eigenvalue weighted by Gasteiger charge is 2.24. The number of anilines is 2. The fourth-order valence-electron chi connectivity index (χ4n) is 5.57. The van der Waals surface area contributed by atoms with Gasteiger partial charge in [-0.3, -0.25) is 19.4 Å². The van der Waals surface area contributed by atoms with Gasteiger partial charge in [-0.15, -0.1) is 0 Å². The van der Waals surface area contributed by atoms with Crippen LogP contribution in [0.2, 0.25) is 0 Å². The summed E-state index contributed by atoms with van der Waals surface area (Å²) in [4.78, 5) is 42.4. The summed E-state index contributed by atoms with van der Waals surface area (Å²) in [5.41, 5.74) is 12.7. The van der Waals surface area contributed by atoms with Crippen LogP contribution in [-0.4, -0.2) is 28.9 Å². The number of amides is 2. The average molecular weight is 615 g/mol. The van der Waals surface area contributed by atoms with Gasteiger partial charge in [-0.05, 0) is 75.8 Å². The van der Waals surface area contributed by atoms with E-state index in [-0.39, 0.29) is 36.6 Å². The SMILES string of the molecule is NCc1ccc(C(=O)Nc2ccncc2F)cc1-c1cccc(C(=O)Nc2ccc(CC(=O)OC3Cc4ccccc4C3)cc2)c1. The third kappa shape index (κ3) is 7.00. The molecule has 9 heteroatoms. The van der Waals surface area contributed by atoms with E-state index in [4.69, 9.17) is 10.5 Å². The molecule has 0 aliphatic heterocycles. The first-order valence-corrected chi connectivity index (χ1v) is 14.9. The smallest absolute Gasteiger partial charge is 0.310 e. The maximum Gasteiger partial charge on any atom is 0.310 e. The Hall–Kier alpha value is -5.67. The summed E-state index contributed by atoms with van der Waals surface area (Å²) in [5.74, 6) is -1.75. The number of benzene rings is 4. The molecule has 0 atom stereocenters. The van der Waals surface area contributed by atoms with Crippen LogP contribution >= 0.6 is 0 Å². The van der Waals surface area contributed by atoms with E-state index in [0.29, 0.717) is 27.9 Å². The van der Waals surface area contributed by atoms with Crippen LogP contribution in [0.1, 0.15) is 43.0 Å². The molecule has 8 nitrogen and oxygen atoms in total. The van der Waals surface area contributed by atoms with Crippen LogP contribution in [-0.2, 0) is 35.3 Å². The Labute approximate surface area is 265 Å². The maximum atomic E-state index is 14.0. The Kier molecular flexibility index (Phi) is 8.94. The highest BCUT2D eigenvalue weighted by atomic mass is 19.1. The van der Waals surface area contributed by atoms with Crippen molar-refractivity contribution in [2.24, 2.45) is 5.73 Å². The van der Waals surface area contributed by atoms with E-state index in [1.807, 2.05) is 18.2 Å². The zero-order chi connectivity index (χ0) is 32.0. The van der Waals surface area contributed by atoms with E-state index in [2.05, 4.69) is 27.8 Å². The predicted octanol–water partition coefficient (Wildman–Crippen LogP) is 6.10. The number of hydrogen-bond donors (Lipinski definition) is 3. The quantitative estimate of drug-likeness (QED) is 0.172. The molecule has 0 spiro atoms. The van der Waals surface area contributed by atoms with Crippen molar-refractivity contribution in [2.75, 3.05) is 10.6 Å². The van der Waals surface area contributed by atoms with Gasteiger partial charge >= 0.3 is 5.97 Å². The Bertz CT molecular complexity index is 1900. The van der Waals surface area contributed by atoms with Crippen molar-refractivity contribution in [3.05, 3.63) is 149 Å². The summed E-state index contributed by atoms with van der Waals surface area (Å²) in [6.45, 7) is 0.209. The van der Waals surface area contributed by atoms with Crippen molar-refractivity contribution >= 4 is 29.2 Å². The topological polar surface area (TPSA) is 123 Å². The number of hydrogen-bond acceptors (Lipinski definition) is 6. The van der Waals surface area contributed by atoms with Gasteiger partial charge in [0.25, 0.3) is 11.8 Å². The minimum atomic E-state index is -0.642. The van der Waals surface area contributed by atoms with E-state index in [1.54, 1.807) is 60.7 Å². The summed E-state index contributed by atoms with van der Waals surface area (Å²) in [6.07, 6.45) is 3.88. The average Bonchev–Trinajstić information content (AvgIpc) is 3.48. The number of ether oxygens (including phenoxy) is 1. The van der Waals surface area contributed by atoms with Gasteiger partial charge in [0.2, 0.25) is 0 Å². The number of rotatable bonds is 9. The molecule has 1 aromatic heterocycles. The standard InChI is InChI=1S/C37H31FN4O4/c38-33-22-40-15-14-34(33)42-37(45)28-10-11-29(21-39)32(20-28)26-6-3-7-27(17-26)36(44)41-30-12-8-23(9-13-30)16-35(43)46-31-18-24-4-1-2-5-25(24)19-31/h1-15,17,20,22,31H,16,18-19,21,39H2,(H,41,44)(H,40,42,45). The minimum Gasteiger partial charge on any atom is -0.461 e. The van der Waals surface area contributed by atoms with Crippen LogP contribution in [0.15, 0.2) is 109 Å². The molecule has 0 bridgehead atoms. The number of aromatic nitrogens is 1. The first-order valence-electron chi connectivity index (χ1n) is 14.9. The first kappa shape index (κ1) is 30.4. The number of pyridine rings is 1. The fraction of sp³-hybridized carbons (Fsp3) is 0.135. The fourth-order valence-corrected chi connectivity index (χ4v) is 5.57. The molecule has 1 aliphatic carbocycles. The molecular weight excluding hydrogens is 583 g/mol. The van der Waals surface area contributed by atoms with Crippen molar-refractivity contribution in [3.8, 4) is 11.1 Å². The van der Waals surface area contributed by atoms with Gasteiger partial charge in [0.1, 0.15) is 6.10 Å². The Morgan fingerprint density at radius 2 is 1.54 bits per heavy atom. The Morgan fingerprint density at radius 1 is 0.826 bits per heavy atom. The summed E-state index contributed by atoms with van der Waals surface area (Å²) < 4.78 is 19.7. The predicted molar refractivity (Wildman–Crippen MR) is 174 cm³/mol. The molecule has 0 fully saturated rings. The third-order valence-electron chi connectivity index (χ3n) is 7.92. The molecule has 46 heavy (non-hydrogen) atoms. The van der Waals surface area contributed by atoms with Gasteiger partial charge in [0, 0.05) is 42.4 Å². The monoisotopic (exact) mass is 614 g/mol. The highest BCUT2D eigenvalue weighted by molar-refractivity contribution is 6.06. The van der Waals surface area contributed by atoms with Crippen molar-refractivity contribution in [1.29, 1.82) is 0 Å². The van der Waals surface area contributed by atoms with Crippen LogP contribution in [0.4, 0.5) is 15.8 Å². The summed E-state index contributed by atoms with van der Waals surface area (Å²) in [5, 5.41) is 5.45. The molecule has 1 aliphatic rings. The molecule has 5 aromatic rings. The molecule has 1 heterocycles. The number of carbonyl (C=O) groups is 3. The van der Waals surface area contributed by atoms with Gasteiger partial charge in [-0.2, -0.15) is 0 Å². The molecule has 4 aromatic carbocycles. The summed E-state index contributed by atoms with van der Waals surface area (Å²) >= 11 is 0. The van der Waals surface area contributed by atoms with E-state index in [9.17, 15) is 18.8 Å². The number of nitrogens with two attached hydrogens (primary N) is 1. The molecule has 6 rings (SSSR count). The number of nitrogens with zero attached hydrogens (tertiary/aromatic N) is 1. The lowest BCUT2D eigenvalue weighted by Gasteiger charge is -2.13. The summed E-state index contributed by atoms with van der Waals surface area (Å²) in [6, 6.07) is 28.6. The number of carbonyl (C=O) groups excluding carboxylic acids is 3. The Morgan fingerprint density at radius 3 is 2.26 bits per heavy atom. The lowest BCUT2D eigenvalue weighted by atomic mass is 9.95. The molecule has 0 saturated carbocycles. The van der Waals surface area contributed by atoms with Crippen molar-refractivity contribution < 1.29 is 23.5 Å². The number of nitrogens with one attached hydrogen (secondary N) is 2. The first-order chi connectivity index (χ1) is 22.4. The third-order valence-corrected chi connectivity index (χ3v) is 7.92. The van der Waals surface area contributed by atoms with E-state index < -0.39 is 11.7 Å². The lowest BCUT2D eigenvalue weighted by molar-refractivity contribution is -0.147. The normalized spacial score (nSPS) is 12.3. The van der Waals surface area contributed by atoms with E-state index in [0.717, 1.165) is 30.2 Å². The van der Waals surface area contributed by atoms with Crippen LogP contribution in [0, 0.1) is 5.82 Å². The van der Waals surface area contributed by atoms with Crippen molar-refractivity contribution in [1.82, 2.24) is 4.98 Å². The van der Waals surface area contributed by atoms with Crippen LogP contribution < -0.4 is 16.4 Å². The second-order valence-electron chi connectivity index (χ2n) is 11.1. The molecule has 0 unspecified atom stereocenters. The lowest BCUT2D eigenvalue weighted by Crippen LogP contribution is -2.19. The molecule has 0 saturated heterocycles. The van der Waals surface area contributed by atoms with Crippen molar-refractivity contribution in [3.63, 3.8) is 0 Å². The van der Waals surface area contributed by atoms with Gasteiger partial charge in [0.15, 0.2) is 5.82 Å². The Balaban J connectivity index is 1.10. The number of esters is 1. The zero-order valence-corrected chi connectivity index (χ0v) is 24.8. The summed E-state index contributed by atoms with van der Waals surface area (Å²) in [7, 11) is 0. The highest BCUT2D eigenvalue weighted by Crippen LogP contribution is 2.28. The van der Waals surface area contributed by atoms with Gasteiger partial charge in [-0.25, -0.2) is 4.39 Å². The van der Waals surface area contributed by atoms with Crippen LogP contribution in [0.3, 0.4) is 0 Å². The molecular formula is C37H31FN4O4. The van der Waals surface area contributed by atoms with Gasteiger partial charge in [-0.1, -0.05) is 54.6 Å². The van der Waals surface area contributed by atoms with E-state index in [1.165, 1.54) is 23.4 Å². The molecule has 0 radical (unpaired) electrons. The zero-order valence-electron chi connectivity index (χ0n) is 24.8. The maximum absolute atomic E-state index is 14.0. The molecule has 2 amide bonds. The van der Waals surface area contributed by atoms with E-state index >= 15 is 0 Å². The van der Waals surface area contributed by atoms with Gasteiger partial charge in [0.05, 0.1) is 18.3 Å².